The lowest BCUT2D eigenvalue weighted by atomic mass is 10.8. The zero-order valence-electron chi connectivity index (χ0n) is 3.28. The molecule has 0 fully saturated rings. The zero-order chi connectivity index (χ0) is 4.83. The van der Waals surface area contributed by atoms with Crippen LogP contribution in [0.15, 0.2) is 0 Å². The van der Waals surface area contributed by atoms with E-state index in [-0.39, 0.29) is 0 Å². The van der Waals surface area contributed by atoms with Crippen molar-refractivity contribution in [2.24, 2.45) is 5.73 Å². The minimum Gasteiger partial charge on any atom is -0.331 e. The van der Waals surface area contributed by atoms with Crippen molar-refractivity contribution in [1.82, 2.24) is 0 Å². The molecular weight excluding hydrogens is 104 g/mol. The van der Waals surface area contributed by atoms with E-state index in [0.29, 0.717) is 13.2 Å². The Morgan fingerprint density at radius 3 is 2.67 bits per heavy atom. The van der Waals surface area contributed by atoms with Gasteiger partial charge in [-0.05, 0) is 0 Å². The summed E-state index contributed by atoms with van der Waals surface area (Å²) >= 11 is 0. The van der Waals surface area contributed by atoms with Crippen LogP contribution in [0.3, 0.4) is 0 Å². The molecule has 1 unspecified atom stereocenters. The lowest BCUT2D eigenvalue weighted by molar-refractivity contribution is 0.357. The summed E-state index contributed by atoms with van der Waals surface area (Å²) in [6.45, 7) is 0.728. The minimum absolute atomic E-state index is 0.328. The molecule has 0 saturated carbocycles. The average molecular weight is 111 g/mol. The fourth-order valence-electron chi connectivity index (χ4n) is 0.0975. The van der Waals surface area contributed by atoms with Crippen LogP contribution in [0.1, 0.15) is 0 Å². The molecule has 2 N–H and O–H groups in total. The summed E-state index contributed by atoms with van der Waals surface area (Å²) in [4.78, 5) is 0. The van der Waals surface area contributed by atoms with Gasteiger partial charge in [0.1, 0.15) is 0 Å². The number of hydrogen-bond acceptors (Lipinski definition) is 2. The molecule has 0 amide bonds. The quantitative estimate of drug-likeness (QED) is 0.423. The summed E-state index contributed by atoms with van der Waals surface area (Å²) in [5.74, 6) is 0. The van der Waals surface area contributed by atoms with Crippen LogP contribution in [0.5, 0.6) is 0 Å². The Bertz CT molecular complexity index is 25.5. The predicted molar refractivity (Wildman–Crippen MR) is 24.4 cm³/mol. The van der Waals surface area contributed by atoms with E-state index in [1.807, 2.05) is 0 Å². The van der Waals surface area contributed by atoms with Crippen LogP contribution >= 0.6 is 9.12 Å². The lowest BCUT2D eigenvalue weighted by Crippen LogP contribution is -2.03. The van der Waals surface area contributed by atoms with E-state index in [0.717, 1.165) is 0 Å². The first kappa shape index (κ1) is 6.28. The van der Waals surface area contributed by atoms with Gasteiger partial charge in [-0.15, -0.1) is 0 Å². The highest BCUT2D eigenvalue weighted by atomic mass is 31.1. The van der Waals surface area contributed by atoms with Crippen LogP contribution in [0.2, 0.25) is 0 Å². The molecule has 0 aliphatic heterocycles. The fraction of sp³-hybridized carbons (Fsp3) is 1.00. The molecule has 0 aliphatic rings. The van der Waals surface area contributed by atoms with Crippen molar-refractivity contribution in [1.29, 1.82) is 0 Å². The molecule has 0 bridgehead atoms. The Morgan fingerprint density at radius 1 is 1.83 bits per heavy atom. The van der Waals surface area contributed by atoms with Crippen LogP contribution < -0.4 is 5.73 Å². The van der Waals surface area contributed by atoms with E-state index in [1.165, 1.54) is 0 Å². The second kappa shape index (κ2) is 5.28. The van der Waals surface area contributed by atoms with E-state index in [4.69, 9.17) is 5.73 Å². The normalized spacial score (nSPS) is 11.0. The molecule has 0 aromatic rings. The highest BCUT2D eigenvalue weighted by Crippen LogP contribution is 2.09. The first-order chi connectivity index (χ1) is 2.91. The van der Waals surface area contributed by atoms with Crippen LogP contribution in [0.4, 0.5) is 4.20 Å². The maximum atomic E-state index is 10.9. The van der Waals surface area contributed by atoms with Crippen molar-refractivity contribution < 1.29 is 8.72 Å². The van der Waals surface area contributed by atoms with E-state index in [9.17, 15) is 4.20 Å². The van der Waals surface area contributed by atoms with Crippen LogP contribution in [-0.4, -0.2) is 13.2 Å². The Balaban J connectivity index is 2.34. The third-order valence-corrected chi connectivity index (χ3v) is 0.588. The molecular formula is C2H7FNOP. The summed E-state index contributed by atoms with van der Waals surface area (Å²) in [6, 6.07) is 0. The molecule has 0 aromatic carbocycles. The molecule has 0 spiro atoms. The summed E-state index contributed by atoms with van der Waals surface area (Å²) in [5.41, 5.74) is 4.93. The largest absolute Gasteiger partial charge is 0.331 e. The van der Waals surface area contributed by atoms with Gasteiger partial charge in [0.25, 0.3) is 0 Å². The summed E-state index contributed by atoms with van der Waals surface area (Å²) in [6.07, 6.45) is 0. The Kier molecular flexibility index (Phi) is 5.53. The van der Waals surface area contributed by atoms with Gasteiger partial charge >= 0.3 is 0 Å². The Labute approximate surface area is 37.8 Å². The van der Waals surface area contributed by atoms with Crippen LogP contribution in [0.25, 0.3) is 0 Å². The van der Waals surface area contributed by atoms with Gasteiger partial charge in [-0.3, -0.25) is 0 Å². The van der Waals surface area contributed by atoms with Gasteiger partial charge in [-0.1, -0.05) is 0 Å². The second-order valence-electron chi connectivity index (χ2n) is 0.714. The molecule has 4 heteroatoms. The molecule has 2 nitrogen and oxygen atoms in total. The molecule has 38 valence electrons. The van der Waals surface area contributed by atoms with Crippen molar-refractivity contribution in [3.8, 4) is 0 Å². The number of hydrogen-bond donors (Lipinski definition) is 1. The number of nitrogens with two attached hydrogens (primary N) is 1. The molecule has 0 aromatic heterocycles. The van der Waals surface area contributed by atoms with E-state index in [2.05, 4.69) is 4.52 Å². The third-order valence-electron chi connectivity index (χ3n) is 0.274. The Morgan fingerprint density at radius 2 is 2.50 bits per heavy atom. The molecule has 0 rings (SSSR count). The van der Waals surface area contributed by atoms with Gasteiger partial charge in [-0.2, -0.15) is 4.20 Å². The molecule has 1 atom stereocenters. The van der Waals surface area contributed by atoms with Gasteiger partial charge in [0.15, 0.2) is 0 Å². The minimum atomic E-state index is -0.915. The van der Waals surface area contributed by atoms with Gasteiger partial charge in [0.2, 0.25) is 9.12 Å². The van der Waals surface area contributed by atoms with Crippen LogP contribution in [-0.2, 0) is 4.52 Å². The van der Waals surface area contributed by atoms with Gasteiger partial charge < -0.3 is 10.3 Å². The average Bonchev–Trinajstić information content (AvgIpc) is 1.61. The lowest BCUT2D eigenvalue weighted by Gasteiger charge is -1.88. The third kappa shape index (κ3) is 4.28. The standard InChI is InChI=1S/C2H7FNOP/c3-6-5-2-1-4/h6H,1-2,4H2. The highest BCUT2D eigenvalue weighted by molar-refractivity contribution is 7.25. The smallest absolute Gasteiger partial charge is 0.205 e. The summed E-state index contributed by atoms with van der Waals surface area (Å²) in [7, 11) is -0.915. The molecule has 0 heterocycles. The van der Waals surface area contributed by atoms with E-state index in [1.54, 1.807) is 0 Å². The van der Waals surface area contributed by atoms with Crippen LogP contribution in [0, 0.1) is 0 Å². The highest BCUT2D eigenvalue weighted by Gasteiger charge is 1.76. The van der Waals surface area contributed by atoms with Gasteiger partial charge in [0, 0.05) is 6.54 Å². The summed E-state index contributed by atoms with van der Waals surface area (Å²) in [5, 5.41) is 0. The first-order valence-corrected chi connectivity index (χ1v) is 2.38. The molecule has 0 aliphatic carbocycles. The van der Waals surface area contributed by atoms with Crippen molar-refractivity contribution >= 4 is 9.12 Å². The van der Waals surface area contributed by atoms with Crippen molar-refractivity contribution in [2.75, 3.05) is 13.2 Å². The van der Waals surface area contributed by atoms with Gasteiger partial charge in [0.05, 0.1) is 6.61 Å². The first-order valence-electron chi connectivity index (χ1n) is 1.59. The van der Waals surface area contributed by atoms with E-state index >= 15 is 0 Å². The zero-order valence-corrected chi connectivity index (χ0v) is 4.28. The topological polar surface area (TPSA) is 35.2 Å². The van der Waals surface area contributed by atoms with E-state index < -0.39 is 9.12 Å². The molecule has 6 heavy (non-hydrogen) atoms. The monoisotopic (exact) mass is 111 g/mol. The number of halogens is 1. The van der Waals surface area contributed by atoms with Crippen molar-refractivity contribution in [2.45, 2.75) is 0 Å². The number of rotatable bonds is 3. The predicted octanol–water partition coefficient (Wildman–Crippen LogP) is 0.440. The van der Waals surface area contributed by atoms with Crippen molar-refractivity contribution in [3.63, 3.8) is 0 Å². The van der Waals surface area contributed by atoms with Gasteiger partial charge in [-0.25, -0.2) is 0 Å². The molecule has 0 saturated heterocycles. The SMILES string of the molecule is NCCOPF. The Hall–Kier alpha value is 0.280. The molecule has 0 radical (unpaired) electrons. The maximum Gasteiger partial charge on any atom is 0.205 e. The fourth-order valence-corrected chi connectivity index (χ4v) is 0.293. The van der Waals surface area contributed by atoms with Crippen molar-refractivity contribution in [3.05, 3.63) is 0 Å². The summed E-state index contributed by atoms with van der Waals surface area (Å²) < 4.78 is 15.1. The maximum absolute atomic E-state index is 10.9. The second-order valence-corrected chi connectivity index (χ2v) is 1.16.